The molecule has 2 atom stereocenters. The van der Waals surface area contributed by atoms with E-state index in [-0.39, 0.29) is 19.6 Å². The van der Waals surface area contributed by atoms with E-state index in [4.69, 9.17) is 9.47 Å². The first kappa shape index (κ1) is 15.3. The molecule has 0 radical (unpaired) electrons. The molecule has 4 heteroatoms. The van der Waals surface area contributed by atoms with Crippen LogP contribution in [0, 0.1) is 0 Å². The minimum atomic E-state index is -0.294. The van der Waals surface area contributed by atoms with E-state index in [2.05, 4.69) is 24.4 Å². The van der Waals surface area contributed by atoms with Crippen LogP contribution >= 0.6 is 0 Å². The molecule has 1 N–H and O–H groups in total. The molecule has 0 spiro atoms. The van der Waals surface area contributed by atoms with E-state index in [9.17, 15) is 4.79 Å². The largest absolute Gasteiger partial charge is 0.497 e. The molecule has 1 aliphatic rings. The Morgan fingerprint density at radius 1 is 1.42 bits per heavy atom. The summed E-state index contributed by atoms with van der Waals surface area (Å²) in [5.74, 6) is 1.33. The SMILES string of the molecule is C.COc1ccc([C@H](C)CC[C@H]2CNC(=O)O2)cc1. The summed E-state index contributed by atoms with van der Waals surface area (Å²) >= 11 is 0. The highest BCUT2D eigenvalue weighted by Gasteiger charge is 2.22. The van der Waals surface area contributed by atoms with Crippen molar-refractivity contribution in [1.29, 1.82) is 0 Å². The number of benzene rings is 1. The van der Waals surface area contributed by atoms with Crippen LogP contribution in [0.5, 0.6) is 5.75 Å². The molecule has 4 nitrogen and oxygen atoms in total. The van der Waals surface area contributed by atoms with Crippen molar-refractivity contribution in [2.75, 3.05) is 13.7 Å². The van der Waals surface area contributed by atoms with Gasteiger partial charge in [0.15, 0.2) is 0 Å². The lowest BCUT2D eigenvalue weighted by molar-refractivity contribution is 0.133. The standard InChI is InChI=1S/C14H19NO3.CH4/c1-10(3-6-13-9-15-14(16)18-13)11-4-7-12(17-2)8-5-11;/h4-5,7-8,10,13H,3,6,9H2,1-2H3,(H,15,16);1H4/t10-,13+;/m1./s1. The second kappa shape index (κ2) is 7.02. The van der Waals surface area contributed by atoms with Crippen molar-refractivity contribution < 1.29 is 14.3 Å². The average molecular weight is 265 g/mol. The second-order valence-corrected chi connectivity index (χ2v) is 4.66. The van der Waals surface area contributed by atoms with Crippen LogP contribution in [-0.4, -0.2) is 25.9 Å². The van der Waals surface area contributed by atoms with E-state index >= 15 is 0 Å². The zero-order valence-electron chi connectivity index (χ0n) is 10.8. The first-order valence-electron chi connectivity index (χ1n) is 6.27. The minimum Gasteiger partial charge on any atom is -0.497 e. The van der Waals surface area contributed by atoms with Gasteiger partial charge in [-0.15, -0.1) is 0 Å². The molecule has 19 heavy (non-hydrogen) atoms. The predicted molar refractivity (Wildman–Crippen MR) is 75.6 cm³/mol. The number of rotatable bonds is 5. The number of hydrogen-bond acceptors (Lipinski definition) is 3. The molecule has 0 saturated carbocycles. The Hall–Kier alpha value is -1.71. The number of cyclic esters (lactones) is 1. The van der Waals surface area contributed by atoms with Crippen molar-refractivity contribution in [3.8, 4) is 5.75 Å². The fourth-order valence-electron chi connectivity index (χ4n) is 2.13. The van der Waals surface area contributed by atoms with Gasteiger partial charge in [0, 0.05) is 0 Å². The van der Waals surface area contributed by atoms with Gasteiger partial charge in [-0.25, -0.2) is 4.79 Å². The molecule has 0 unspecified atom stereocenters. The lowest BCUT2D eigenvalue weighted by Crippen LogP contribution is -2.15. The van der Waals surface area contributed by atoms with Crippen molar-refractivity contribution in [1.82, 2.24) is 5.32 Å². The van der Waals surface area contributed by atoms with E-state index in [0.29, 0.717) is 12.5 Å². The number of alkyl carbamates (subject to hydrolysis) is 1. The van der Waals surface area contributed by atoms with Crippen LogP contribution < -0.4 is 10.1 Å². The average Bonchev–Trinajstić information content (AvgIpc) is 2.82. The molecule has 1 aliphatic heterocycles. The van der Waals surface area contributed by atoms with Gasteiger partial charge in [0.05, 0.1) is 13.7 Å². The maximum absolute atomic E-state index is 10.9. The highest BCUT2D eigenvalue weighted by Crippen LogP contribution is 2.24. The number of hydrogen-bond donors (Lipinski definition) is 1. The molecule has 1 amide bonds. The van der Waals surface area contributed by atoms with Crippen molar-refractivity contribution >= 4 is 6.09 Å². The van der Waals surface area contributed by atoms with E-state index < -0.39 is 0 Å². The second-order valence-electron chi connectivity index (χ2n) is 4.66. The molecular formula is C15H23NO3. The van der Waals surface area contributed by atoms with E-state index in [1.54, 1.807) is 7.11 Å². The zero-order chi connectivity index (χ0) is 13.0. The van der Waals surface area contributed by atoms with E-state index in [0.717, 1.165) is 18.6 Å². The fraction of sp³-hybridized carbons (Fsp3) is 0.533. The van der Waals surface area contributed by atoms with Crippen LogP contribution in [0.2, 0.25) is 0 Å². The summed E-state index contributed by atoms with van der Waals surface area (Å²) in [6.07, 6.45) is 1.63. The summed E-state index contributed by atoms with van der Waals surface area (Å²) in [6.45, 7) is 2.82. The molecular weight excluding hydrogens is 242 g/mol. The third-order valence-corrected chi connectivity index (χ3v) is 3.35. The van der Waals surface area contributed by atoms with Crippen LogP contribution in [0.25, 0.3) is 0 Å². The molecule has 106 valence electrons. The Morgan fingerprint density at radius 2 is 2.11 bits per heavy atom. The molecule has 0 aliphatic carbocycles. The molecule has 0 bridgehead atoms. The van der Waals surface area contributed by atoms with Crippen molar-refractivity contribution in [3.05, 3.63) is 29.8 Å². The first-order valence-corrected chi connectivity index (χ1v) is 6.27. The summed E-state index contributed by atoms with van der Waals surface area (Å²) in [5.41, 5.74) is 1.29. The number of nitrogens with one attached hydrogen (secondary N) is 1. The Bertz CT molecular complexity index is 402. The number of carbonyl (C=O) groups excluding carboxylic acids is 1. The summed E-state index contributed by atoms with van der Waals surface area (Å²) in [6, 6.07) is 8.12. The van der Waals surface area contributed by atoms with Gasteiger partial charge in [-0.2, -0.15) is 0 Å². The molecule has 1 heterocycles. The molecule has 1 saturated heterocycles. The Labute approximate surface area is 115 Å². The highest BCUT2D eigenvalue weighted by molar-refractivity contribution is 5.69. The fourth-order valence-corrected chi connectivity index (χ4v) is 2.13. The molecule has 1 aromatic carbocycles. The van der Waals surface area contributed by atoms with Crippen LogP contribution in [-0.2, 0) is 4.74 Å². The smallest absolute Gasteiger partial charge is 0.407 e. The van der Waals surface area contributed by atoms with Gasteiger partial charge in [-0.05, 0) is 36.5 Å². The molecule has 1 aromatic rings. The number of ether oxygens (including phenoxy) is 2. The van der Waals surface area contributed by atoms with Gasteiger partial charge in [0.1, 0.15) is 11.9 Å². The highest BCUT2D eigenvalue weighted by atomic mass is 16.6. The quantitative estimate of drug-likeness (QED) is 0.888. The lowest BCUT2D eigenvalue weighted by atomic mass is 9.95. The summed E-state index contributed by atoms with van der Waals surface area (Å²) in [7, 11) is 1.67. The molecule has 2 rings (SSSR count). The lowest BCUT2D eigenvalue weighted by Gasteiger charge is -2.14. The van der Waals surface area contributed by atoms with Gasteiger partial charge < -0.3 is 14.8 Å². The summed E-state index contributed by atoms with van der Waals surface area (Å²) < 4.78 is 10.3. The maximum Gasteiger partial charge on any atom is 0.407 e. The van der Waals surface area contributed by atoms with E-state index in [1.807, 2.05) is 12.1 Å². The predicted octanol–water partition coefficient (Wildman–Crippen LogP) is 3.32. The minimum absolute atomic E-state index is 0. The van der Waals surface area contributed by atoms with E-state index in [1.165, 1.54) is 5.56 Å². The van der Waals surface area contributed by atoms with Gasteiger partial charge in [0.2, 0.25) is 0 Å². The molecule has 0 aromatic heterocycles. The van der Waals surface area contributed by atoms with Crippen LogP contribution in [0.4, 0.5) is 4.79 Å². The zero-order valence-corrected chi connectivity index (χ0v) is 10.8. The van der Waals surface area contributed by atoms with Gasteiger partial charge in [0.25, 0.3) is 0 Å². The third-order valence-electron chi connectivity index (χ3n) is 3.35. The van der Waals surface area contributed by atoms with Crippen molar-refractivity contribution in [2.45, 2.75) is 39.2 Å². The number of amides is 1. The number of methoxy groups -OCH3 is 1. The van der Waals surface area contributed by atoms with Crippen molar-refractivity contribution in [3.63, 3.8) is 0 Å². The third kappa shape index (κ3) is 4.16. The Kier molecular flexibility index (Phi) is 5.67. The topological polar surface area (TPSA) is 47.6 Å². The monoisotopic (exact) mass is 265 g/mol. The van der Waals surface area contributed by atoms with Crippen LogP contribution in [0.1, 0.15) is 38.7 Å². The van der Waals surface area contributed by atoms with Crippen LogP contribution in [0.15, 0.2) is 24.3 Å². The van der Waals surface area contributed by atoms with Gasteiger partial charge in [-0.1, -0.05) is 26.5 Å². The number of carbonyl (C=O) groups is 1. The van der Waals surface area contributed by atoms with Gasteiger partial charge in [-0.3, -0.25) is 0 Å². The Balaban J connectivity index is 0.00000180. The van der Waals surface area contributed by atoms with Crippen LogP contribution in [0.3, 0.4) is 0 Å². The first-order chi connectivity index (χ1) is 8.69. The maximum atomic E-state index is 10.9. The normalized spacial score (nSPS) is 19.1. The summed E-state index contributed by atoms with van der Waals surface area (Å²) in [4.78, 5) is 10.9. The molecule has 1 fully saturated rings. The summed E-state index contributed by atoms with van der Waals surface area (Å²) in [5, 5.41) is 2.67. The van der Waals surface area contributed by atoms with Gasteiger partial charge >= 0.3 is 6.09 Å². The van der Waals surface area contributed by atoms with Crippen molar-refractivity contribution in [2.24, 2.45) is 0 Å². The Morgan fingerprint density at radius 3 is 2.63 bits per heavy atom.